The summed E-state index contributed by atoms with van der Waals surface area (Å²) in [5, 5.41) is 6.56. The first-order valence-corrected chi connectivity index (χ1v) is 7.92. The van der Waals surface area contributed by atoms with Crippen LogP contribution >= 0.6 is 0 Å². The SMILES string of the molecule is O=C(CCc1ccc2c(c1)CNCC2)NC1CCCC1. The van der Waals surface area contributed by atoms with Crippen LogP contribution in [0.4, 0.5) is 0 Å². The molecule has 0 radical (unpaired) electrons. The van der Waals surface area contributed by atoms with Gasteiger partial charge in [0.05, 0.1) is 0 Å². The van der Waals surface area contributed by atoms with Gasteiger partial charge in [0.2, 0.25) is 5.91 Å². The summed E-state index contributed by atoms with van der Waals surface area (Å²) < 4.78 is 0. The summed E-state index contributed by atoms with van der Waals surface area (Å²) in [7, 11) is 0. The summed E-state index contributed by atoms with van der Waals surface area (Å²) >= 11 is 0. The summed E-state index contributed by atoms with van der Waals surface area (Å²) in [6.45, 7) is 2.05. The summed E-state index contributed by atoms with van der Waals surface area (Å²) in [6.07, 6.45) is 7.45. The number of carbonyl (C=O) groups is 1. The third-order valence-corrected chi connectivity index (χ3v) is 4.52. The molecule has 1 aliphatic heterocycles. The van der Waals surface area contributed by atoms with Crippen molar-refractivity contribution in [1.29, 1.82) is 0 Å². The maximum absolute atomic E-state index is 11.9. The normalized spacial score (nSPS) is 18.8. The average Bonchev–Trinajstić information content (AvgIpc) is 2.98. The van der Waals surface area contributed by atoms with Crippen LogP contribution in [0.2, 0.25) is 0 Å². The van der Waals surface area contributed by atoms with Gasteiger partial charge >= 0.3 is 0 Å². The van der Waals surface area contributed by atoms with Gasteiger partial charge in [-0.1, -0.05) is 31.0 Å². The highest BCUT2D eigenvalue weighted by Gasteiger charge is 2.17. The molecule has 1 fully saturated rings. The van der Waals surface area contributed by atoms with E-state index >= 15 is 0 Å². The van der Waals surface area contributed by atoms with E-state index in [0.29, 0.717) is 12.5 Å². The number of aryl methyl sites for hydroxylation is 1. The number of fused-ring (bicyclic) bond motifs is 1. The molecule has 1 aromatic carbocycles. The van der Waals surface area contributed by atoms with Gasteiger partial charge in [0, 0.05) is 19.0 Å². The highest BCUT2D eigenvalue weighted by atomic mass is 16.1. The van der Waals surface area contributed by atoms with Gasteiger partial charge in [-0.25, -0.2) is 0 Å². The molecule has 1 aliphatic carbocycles. The van der Waals surface area contributed by atoms with E-state index in [4.69, 9.17) is 0 Å². The summed E-state index contributed by atoms with van der Waals surface area (Å²) in [5.41, 5.74) is 4.15. The lowest BCUT2D eigenvalue weighted by atomic mass is 9.97. The Morgan fingerprint density at radius 2 is 2.10 bits per heavy atom. The molecule has 0 aromatic heterocycles. The third-order valence-electron chi connectivity index (χ3n) is 4.52. The fourth-order valence-electron chi connectivity index (χ4n) is 3.32. The van der Waals surface area contributed by atoms with Crippen molar-refractivity contribution < 1.29 is 4.79 Å². The van der Waals surface area contributed by atoms with Gasteiger partial charge in [0.25, 0.3) is 0 Å². The van der Waals surface area contributed by atoms with Crippen molar-refractivity contribution >= 4 is 5.91 Å². The van der Waals surface area contributed by atoms with Crippen LogP contribution in [0.5, 0.6) is 0 Å². The fourth-order valence-corrected chi connectivity index (χ4v) is 3.32. The van der Waals surface area contributed by atoms with Gasteiger partial charge in [0.15, 0.2) is 0 Å². The zero-order valence-electron chi connectivity index (χ0n) is 12.1. The number of nitrogens with one attached hydrogen (secondary N) is 2. The van der Waals surface area contributed by atoms with Crippen LogP contribution in [-0.4, -0.2) is 18.5 Å². The van der Waals surface area contributed by atoms with E-state index in [1.54, 1.807) is 0 Å². The van der Waals surface area contributed by atoms with Gasteiger partial charge < -0.3 is 10.6 Å². The molecule has 3 heteroatoms. The van der Waals surface area contributed by atoms with E-state index in [1.165, 1.54) is 29.5 Å². The fraction of sp³-hybridized carbons (Fsp3) is 0.588. The van der Waals surface area contributed by atoms with E-state index in [2.05, 4.69) is 28.8 Å². The van der Waals surface area contributed by atoms with Crippen LogP contribution in [0.25, 0.3) is 0 Å². The minimum atomic E-state index is 0.216. The Kier molecular flexibility index (Phi) is 4.36. The zero-order chi connectivity index (χ0) is 13.8. The molecule has 0 atom stereocenters. The molecule has 20 heavy (non-hydrogen) atoms. The summed E-state index contributed by atoms with van der Waals surface area (Å²) in [4.78, 5) is 11.9. The molecule has 0 unspecified atom stereocenters. The third kappa shape index (κ3) is 3.40. The number of carbonyl (C=O) groups excluding carboxylic acids is 1. The van der Waals surface area contributed by atoms with Gasteiger partial charge in [-0.2, -0.15) is 0 Å². The van der Waals surface area contributed by atoms with Crippen molar-refractivity contribution in [3.63, 3.8) is 0 Å². The van der Waals surface area contributed by atoms with Gasteiger partial charge in [-0.3, -0.25) is 4.79 Å². The Balaban J connectivity index is 1.51. The van der Waals surface area contributed by atoms with Crippen molar-refractivity contribution in [2.24, 2.45) is 0 Å². The highest BCUT2D eigenvalue weighted by Crippen LogP contribution is 2.19. The van der Waals surface area contributed by atoms with E-state index < -0.39 is 0 Å². The average molecular weight is 272 g/mol. The molecule has 1 saturated carbocycles. The largest absolute Gasteiger partial charge is 0.353 e. The monoisotopic (exact) mass is 272 g/mol. The molecule has 108 valence electrons. The van der Waals surface area contributed by atoms with Crippen molar-refractivity contribution in [1.82, 2.24) is 10.6 Å². The van der Waals surface area contributed by atoms with E-state index in [9.17, 15) is 4.79 Å². The predicted molar refractivity (Wildman–Crippen MR) is 80.6 cm³/mol. The summed E-state index contributed by atoms with van der Waals surface area (Å²) in [5.74, 6) is 0.216. The Bertz CT molecular complexity index is 478. The van der Waals surface area contributed by atoms with Gasteiger partial charge in [-0.15, -0.1) is 0 Å². The second-order valence-electron chi connectivity index (χ2n) is 6.08. The molecule has 0 bridgehead atoms. The molecule has 0 saturated heterocycles. The zero-order valence-corrected chi connectivity index (χ0v) is 12.1. The number of hydrogen-bond donors (Lipinski definition) is 2. The molecular weight excluding hydrogens is 248 g/mol. The molecule has 3 rings (SSSR count). The Morgan fingerprint density at radius 3 is 2.95 bits per heavy atom. The van der Waals surface area contributed by atoms with Crippen molar-refractivity contribution in [2.45, 2.75) is 57.5 Å². The van der Waals surface area contributed by atoms with Gasteiger partial charge in [-0.05, 0) is 48.9 Å². The van der Waals surface area contributed by atoms with Crippen LogP contribution in [0, 0.1) is 0 Å². The maximum Gasteiger partial charge on any atom is 0.220 e. The molecular formula is C17H24N2O. The number of benzene rings is 1. The molecule has 3 nitrogen and oxygen atoms in total. The second-order valence-corrected chi connectivity index (χ2v) is 6.08. The smallest absolute Gasteiger partial charge is 0.220 e. The van der Waals surface area contributed by atoms with Crippen LogP contribution in [0.15, 0.2) is 18.2 Å². The van der Waals surface area contributed by atoms with E-state index in [-0.39, 0.29) is 5.91 Å². The minimum absolute atomic E-state index is 0.216. The number of amides is 1. The first-order valence-electron chi connectivity index (χ1n) is 7.92. The Labute approximate surface area is 121 Å². The lowest BCUT2D eigenvalue weighted by Crippen LogP contribution is -2.32. The lowest BCUT2D eigenvalue weighted by Gasteiger charge is -2.18. The molecule has 1 heterocycles. The quantitative estimate of drug-likeness (QED) is 0.883. The molecule has 1 aromatic rings. The number of rotatable bonds is 4. The molecule has 2 aliphatic rings. The lowest BCUT2D eigenvalue weighted by molar-refractivity contribution is -0.121. The predicted octanol–water partition coefficient (Wildman–Crippen LogP) is 2.32. The van der Waals surface area contributed by atoms with Crippen LogP contribution in [0.1, 0.15) is 48.8 Å². The highest BCUT2D eigenvalue weighted by molar-refractivity contribution is 5.76. The van der Waals surface area contributed by atoms with Crippen molar-refractivity contribution in [3.8, 4) is 0 Å². The molecule has 1 amide bonds. The Hall–Kier alpha value is -1.35. The maximum atomic E-state index is 11.9. The first kappa shape index (κ1) is 13.6. The summed E-state index contributed by atoms with van der Waals surface area (Å²) in [6, 6.07) is 7.13. The van der Waals surface area contributed by atoms with E-state index in [1.807, 2.05) is 0 Å². The molecule has 2 N–H and O–H groups in total. The van der Waals surface area contributed by atoms with Crippen LogP contribution in [0.3, 0.4) is 0 Å². The van der Waals surface area contributed by atoms with E-state index in [0.717, 1.165) is 38.8 Å². The van der Waals surface area contributed by atoms with Crippen molar-refractivity contribution in [3.05, 3.63) is 34.9 Å². The Morgan fingerprint density at radius 1 is 1.25 bits per heavy atom. The van der Waals surface area contributed by atoms with Gasteiger partial charge in [0.1, 0.15) is 0 Å². The second kappa shape index (κ2) is 6.40. The standard InChI is InChI=1S/C17H24N2O/c20-17(19-16-3-1-2-4-16)8-6-13-5-7-14-9-10-18-12-15(14)11-13/h5,7,11,16,18H,1-4,6,8-10,12H2,(H,19,20). The minimum Gasteiger partial charge on any atom is -0.353 e. The van der Waals surface area contributed by atoms with Crippen LogP contribution in [-0.2, 0) is 24.2 Å². The molecule has 0 spiro atoms. The topological polar surface area (TPSA) is 41.1 Å². The van der Waals surface area contributed by atoms with Crippen LogP contribution < -0.4 is 10.6 Å². The number of hydrogen-bond acceptors (Lipinski definition) is 2. The first-order chi connectivity index (χ1) is 9.81. The van der Waals surface area contributed by atoms with Crippen molar-refractivity contribution in [2.75, 3.05) is 6.54 Å².